The molecular formula is C11H11BrO4. The zero-order valence-corrected chi connectivity index (χ0v) is 10.5. The van der Waals surface area contributed by atoms with Gasteiger partial charge in [0.25, 0.3) is 5.78 Å². The maximum atomic E-state index is 11.6. The van der Waals surface area contributed by atoms with Crippen LogP contribution in [0.4, 0.5) is 0 Å². The maximum Gasteiger partial charge on any atom is 0.379 e. The van der Waals surface area contributed by atoms with E-state index >= 15 is 0 Å². The Balaban J connectivity index is 3.09. The van der Waals surface area contributed by atoms with Crippen molar-refractivity contribution in [2.24, 2.45) is 0 Å². The van der Waals surface area contributed by atoms with Crippen LogP contribution in [0.25, 0.3) is 0 Å². The van der Waals surface area contributed by atoms with Gasteiger partial charge in [-0.3, -0.25) is 4.79 Å². The molecule has 1 N–H and O–H groups in total. The monoisotopic (exact) mass is 286 g/mol. The quantitative estimate of drug-likeness (QED) is 0.526. The molecule has 0 fully saturated rings. The number of benzene rings is 1. The number of carbonyl (C=O) groups excluding carboxylic acids is 2. The Morgan fingerprint density at radius 1 is 1.44 bits per heavy atom. The first-order chi connectivity index (χ1) is 7.47. The van der Waals surface area contributed by atoms with Gasteiger partial charge in [-0.2, -0.15) is 0 Å². The number of aryl methyl sites for hydroxylation is 1. The predicted octanol–water partition coefficient (Wildman–Crippen LogP) is 2.21. The van der Waals surface area contributed by atoms with Crippen molar-refractivity contribution in [1.29, 1.82) is 0 Å². The lowest BCUT2D eigenvalue weighted by Crippen LogP contribution is -2.17. The van der Waals surface area contributed by atoms with Crippen molar-refractivity contribution >= 4 is 27.7 Å². The first-order valence-corrected chi connectivity index (χ1v) is 5.47. The number of hydrogen-bond acceptors (Lipinski definition) is 4. The number of hydrogen-bond donors (Lipinski definition) is 1. The van der Waals surface area contributed by atoms with Gasteiger partial charge in [-0.15, -0.1) is 0 Å². The lowest BCUT2D eigenvalue weighted by atomic mass is 10.1. The van der Waals surface area contributed by atoms with E-state index in [1.807, 2.05) is 0 Å². The minimum atomic E-state index is -0.964. The summed E-state index contributed by atoms with van der Waals surface area (Å²) in [6.07, 6.45) is 0. The molecule has 1 rings (SSSR count). The van der Waals surface area contributed by atoms with Crippen molar-refractivity contribution in [2.75, 3.05) is 6.61 Å². The van der Waals surface area contributed by atoms with E-state index in [1.54, 1.807) is 13.8 Å². The first-order valence-electron chi connectivity index (χ1n) is 4.68. The number of ketones is 1. The summed E-state index contributed by atoms with van der Waals surface area (Å²) in [4.78, 5) is 22.8. The summed E-state index contributed by atoms with van der Waals surface area (Å²) < 4.78 is 5.22. The van der Waals surface area contributed by atoms with Crippen LogP contribution in [0.3, 0.4) is 0 Å². The van der Waals surface area contributed by atoms with Gasteiger partial charge >= 0.3 is 5.97 Å². The third-order valence-electron chi connectivity index (χ3n) is 1.98. The molecule has 0 radical (unpaired) electrons. The second-order valence-corrected chi connectivity index (χ2v) is 4.02. The molecule has 16 heavy (non-hydrogen) atoms. The number of rotatable bonds is 3. The molecule has 0 aliphatic rings. The number of Topliss-reactive ketones (excluding diaryl/α,β-unsaturated/α-hetero) is 1. The summed E-state index contributed by atoms with van der Waals surface area (Å²) in [5.74, 6) is -2.03. The molecule has 0 heterocycles. The van der Waals surface area contributed by atoms with Gasteiger partial charge in [0.1, 0.15) is 5.75 Å². The van der Waals surface area contributed by atoms with E-state index in [9.17, 15) is 14.7 Å². The van der Waals surface area contributed by atoms with Gasteiger partial charge in [-0.25, -0.2) is 4.79 Å². The second kappa shape index (κ2) is 5.12. The van der Waals surface area contributed by atoms with Gasteiger partial charge < -0.3 is 9.84 Å². The minimum absolute atomic E-state index is 0.0593. The van der Waals surface area contributed by atoms with E-state index in [0.29, 0.717) is 4.47 Å². The zero-order chi connectivity index (χ0) is 12.3. The molecule has 0 unspecified atom stereocenters. The third kappa shape index (κ3) is 2.61. The van der Waals surface area contributed by atoms with Crippen LogP contribution in [-0.4, -0.2) is 23.5 Å². The molecule has 0 saturated carbocycles. The second-order valence-electron chi connectivity index (χ2n) is 3.17. The number of aromatic hydroxyl groups is 1. The predicted molar refractivity (Wildman–Crippen MR) is 61.5 cm³/mol. The van der Waals surface area contributed by atoms with Crippen LogP contribution < -0.4 is 0 Å². The number of halogens is 1. The Morgan fingerprint density at radius 3 is 2.62 bits per heavy atom. The van der Waals surface area contributed by atoms with Gasteiger partial charge in [0, 0.05) is 4.47 Å². The van der Waals surface area contributed by atoms with Crippen LogP contribution in [-0.2, 0) is 9.53 Å². The Bertz CT molecular complexity index is 440. The van der Waals surface area contributed by atoms with Crippen LogP contribution in [0.2, 0.25) is 0 Å². The molecule has 5 heteroatoms. The van der Waals surface area contributed by atoms with Crippen LogP contribution >= 0.6 is 15.9 Å². The maximum absolute atomic E-state index is 11.6. The Morgan fingerprint density at radius 2 is 2.06 bits per heavy atom. The highest BCUT2D eigenvalue weighted by Gasteiger charge is 2.21. The van der Waals surface area contributed by atoms with Crippen molar-refractivity contribution in [3.8, 4) is 5.75 Å². The number of phenolic OH excluding ortho intramolecular Hbond substituents is 1. The average molecular weight is 287 g/mol. The van der Waals surface area contributed by atoms with E-state index in [4.69, 9.17) is 0 Å². The zero-order valence-electron chi connectivity index (χ0n) is 8.91. The third-order valence-corrected chi connectivity index (χ3v) is 2.84. The van der Waals surface area contributed by atoms with Crippen LogP contribution in [0.5, 0.6) is 5.75 Å². The number of carbonyl (C=O) groups is 2. The molecule has 0 bridgehead atoms. The number of ether oxygens (including phenoxy) is 1. The van der Waals surface area contributed by atoms with E-state index in [2.05, 4.69) is 20.7 Å². The molecule has 86 valence electrons. The van der Waals surface area contributed by atoms with Gasteiger partial charge in [-0.05, 0) is 31.5 Å². The van der Waals surface area contributed by atoms with Crippen molar-refractivity contribution in [3.05, 3.63) is 27.7 Å². The highest BCUT2D eigenvalue weighted by molar-refractivity contribution is 9.10. The summed E-state index contributed by atoms with van der Waals surface area (Å²) in [5, 5.41) is 9.55. The largest absolute Gasteiger partial charge is 0.507 e. The normalized spacial score (nSPS) is 9.94. The SMILES string of the molecule is CCOC(=O)C(=O)c1cc(Br)c(C)cc1O. The summed E-state index contributed by atoms with van der Waals surface area (Å²) in [5.41, 5.74) is 0.717. The Kier molecular flexibility index (Phi) is 4.06. The van der Waals surface area contributed by atoms with Gasteiger partial charge in [0.15, 0.2) is 0 Å². The first kappa shape index (κ1) is 12.7. The molecule has 1 aromatic rings. The van der Waals surface area contributed by atoms with Crippen LogP contribution in [0.1, 0.15) is 22.8 Å². The van der Waals surface area contributed by atoms with Crippen molar-refractivity contribution in [3.63, 3.8) is 0 Å². The highest BCUT2D eigenvalue weighted by Crippen LogP contribution is 2.26. The number of phenols is 1. The fraction of sp³-hybridized carbons (Fsp3) is 0.273. The Labute approximate surface area is 101 Å². The highest BCUT2D eigenvalue weighted by atomic mass is 79.9. The molecule has 4 nitrogen and oxygen atoms in total. The molecule has 0 aliphatic heterocycles. The Hall–Kier alpha value is -1.36. The molecule has 1 aromatic carbocycles. The van der Waals surface area contributed by atoms with Gasteiger partial charge in [0.2, 0.25) is 0 Å². The van der Waals surface area contributed by atoms with Gasteiger partial charge in [-0.1, -0.05) is 15.9 Å². The lowest BCUT2D eigenvalue weighted by Gasteiger charge is -2.06. The summed E-state index contributed by atoms with van der Waals surface area (Å²) in [7, 11) is 0. The van der Waals surface area contributed by atoms with E-state index in [0.717, 1.165) is 5.56 Å². The smallest absolute Gasteiger partial charge is 0.379 e. The molecule has 0 amide bonds. The molecule has 0 atom stereocenters. The fourth-order valence-electron chi connectivity index (χ4n) is 1.15. The molecular weight excluding hydrogens is 276 g/mol. The molecule has 0 aliphatic carbocycles. The fourth-order valence-corrected chi connectivity index (χ4v) is 1.50. The summed E-state index contributed by atoms with van der Waals surface area (Å²) >= 11 is 3.22. The van der Waals surface area contributed by atoms with Gasteiger partial charge in [0.05, 0.1) is 12.2 Å². The van der Waals surface area contributed by atoms with E-state index in [1.165, 1.54) is 12.1 Å². The van der Waals surface area contributed by atoms with Crippen molar-refractivity contribution in [2.45, 2.75) is 13.8 Å². The summed E-state index contributed by atoms with van der Waals surface area (Å²) in [6.45, 7) is 3.50. The topological polar surface area (TPSA) is 63.6 Å². The lowest BCUT2D eigenvalue weighted by molar-refractivity contribution is -0.137. The molecule has 0 spiro atoms. The van der Waals surface area contributed by atoms with Crippen molar-refractivity contribution < 1.29 is 19.4 Å². The summed E-state index contributed by atoms with van der Waals surface area (Å²) in [6, 6.07) is 2.82. The molecule has 0 saturated heterocycles. The van der Waals surface area contributed by atoms with Crippen molar-refractivity contribution in [1.82, 2.24) is 0 Å². The standard InChI is InChI=1S/C11H11BrO4/c1-3-16-11(15)10(14)7-5-8(12)6(2)4-9(7)13/h4-5,13H,3H2,1-2H3. The van der Waals surface area contributed by atoms with Crippen LogP contribution in [0.15, 0.2) is 16.6 Å². The van der Waals surface area contributed by atoms with Crippen LogP contribution in [0, 0.1) is 6.92 Å². The average Bonchev–Trinajstić information content (AvgIpc) is 2.23. The van der Waals surface area contributed by atoms with E-state index in [-0.39, 0.29) is 17.9 Å². The minimum Gasteiger partial charge on any atom is -0.507 e. The molecule has 0 aromatic heterocycles. The van der Waals surface area contributed by atoms with E-state index < -0.39 is 11.8 Å². The number of esters is 1.